The van der Waals surface area contributed by atoms with Crippen LogP contribution >= 0.6 is 0 Å². The molecule has 0 fully saturated rings. The number of hydrazone groups is 1. The molecule has 0 saturated carbocycles. The minimum atomic E-state index is -3.67. The lowest BCUT2D eigenvalue weighted by Crippen LogP contribution is -2.23. The molecule has 0 atom stereocenters. The SMILES string of the molecule is CS(=O)(=O)O.CS(=O)(=O)O.NN=C(N)N. The number of guanidine groups is 1. The Morgan fingerprint density at radius 1 is 1.00 bits per heavy atom. The van der Waals surface area contributed by atoms with Crippen molar-refractivity contribution in [3.05, 3.63) is 0 Å². The van der Waals surface area contributed by atoms with Gasteiger partial charge in [-0.1, -0.05) is 0 Å². The van der Waals surface area contributed by atoms with Crippen LogP contribution in [0.5, 0.6) is 0 Å². The highest BCUT2D eigenvalue weighted by Crippen LogP contribution is 1.60. The van der Waals surface area contributed by atoms with Gasteiger partial charge in [-0.3, -0.25) is 9.11 Å². The second kappa shape index (κ2) is 8.22. The number of hydrogen-bond donors (Lipinski definition) is 5. The summed E-state index contributed by atoms with van der Waals surface area (Å²) >= 11 is 0. The molecule has 0 amide bonds. The van der Waals surface area contributed by atoms with Crippen LogP contribution in [0.15, 0.2) is 5.10 Å². The molecule has 8 N–H and O–H groups in total. The van der Waals surface area contributed by atoms with Gasteiger partial charge in [0.1, 0.15) is 0 Å². The minimum Gasteiger partial charge on any atom is -0.369 e. The van der Waals surface area contributed by atoms with E-state index >= 15 is 0 Å². The van der Waals surface area contributed by atoms with Crippen LogP contribution in [0.1, 0.15) is 0 Å². The molecular weight excluding hydrogens is 252 g/mol. The highest BCUT2D eigenvalue weighted by Gasteiger charge is 1.82. The predicted octanol–water partition coefficient (Wildman–Crippen LogP) is -2.86. The lowest BCUT2D eigenvalue weighted by Gasteiger charge is -1.76. The standard InChI is InChI=1S/CH6N4.2CH4O3S/c2-1(3)5-4;2*1-5(2,3)4/h4H2,(H4,2,3,5);2*1H3,(H,2,3,4). The van der Waals surface area contributed by atoms with Crippen LogP contribution in [-0.4, -0.2) is 44.4 Å². The Balaban J connectivity index is -0.000000144. The van der Waals surface area contributed by atoms with Crippen LogP contribution in [0.3, 0.4) is 0 Å². The Morgan fingerprint density at radius 2 is 1.07 bits per heavy atom. The van der Waals surface area contributed by atoms with Crippen molar-refractivity contribution in [1.29, 1.82) is 0 Å². The van der Waals surface area contributed by atoms with Crippen LogP contribution in [0.4, 0.5) is 0 Å². The zero-order valence-corrected chi connectivity index (χ0v) is 9.66. The van der Waals surface area contributed by atoms with Gasteiger partial charge in [-0.25, -0.2) is 0 Å². The molecule has 0 aliphatic rings. The second-order valence-corrected chi connectivity index (χ2v) is 4.95. The third-order valence-corrected chi connectivity index (χ3v) is 0.149. The summed E-state index contributed by atoms with van der Waals surface area (Å²) in [7, 11) is -7.33. The zero-order valence-electron chi connectivity index (χ0n) is 8.02. The fourth-order valence-corrected chi connectivity index (χ4v) is 0. The maximum absolute atomic E-state index is 9.19. The molecule has 0 unspecified atom stereocenters. The van der Waals surface area contributed by atoms with Crippen molar-refractivity contribution in [2.24, 2.45) is 22.4 Å². The van der Waals surface area contributed by atoms with Gasteiger partial charge >= 0.3 is 0 Å². The van der Waals surface area contributed by atoms with Gasteiger partial charge in [0, 0.05) is 0 Å². The first-order chi connectivity index (χ1) is 6.27. The van der Waals surface area contributed by atoms with Crippen molar-refractivity contribution in [3.8, 4) is 0 Å². The maximum Gasteiger partial charge on any atom is 0.261 e. The Hall–Kier alpha value is -1.11. The first kappa shape index (κ1) is 19.5. The monoisotopic (exact) mass is 266 g/mol. The number of nitrogens with zero attached hydrogens (tertiary/aromatic N) is 1. The van der Waals surface area contributed by atoms with Crippen LogP contribution in [0, 0.1) is 0 Å². The van der Waals surface area contributed by atoms with Gasteiger partial charge in [0.05, 0.1) is 12.5 Å². The van der Waals surface area contributed by atoms with Gasteiger partial charge < -0.3 is 17.3 Å². The molecule has 0 aliphatic carbocycles. The van der Waals surface area contributed by atoms with Gasteiger partial charge in [-0.05, 0) is 0 Å². The van der Waals surface area contributed by atoms with E-state index in [4.69, 9.17) is 20.6 Å². The number of hydrogen-bond acceptors (Lipinski definition) is 6. The molecule has 0 aromatic carbocycles. The number of rotatable bonds is 0. The van der Waals surface area contributed by atoms with Gasteiger partial charge in [-0.15, -0.1) is 5.10 Å². The molecule has 0 radical (unpaired) electrons. The van der Waals surface area contributed by atoms with E-state index in [1.807, 2.05) is 0 Å². The van der Waals surface area contributed by atoms with Crippen LogP contribution in [0.25, 0.3) is 0 Å². The maximum atomic E-state index is 9.19. The lowest BCUT2D eigenvalue weighted by molar-refractivity contribution is 0.488. The molecule has 94 valence electrons. The summed E-state index contributed by atoms with van der Waals surface area (Å²) in [6.07, 6.45) is 1.43. The first-order valence-electron chi connectivity index (χ1n) is 2.91. The molecule has 15 heavy (non-hydrogen) atoms. The molecule has 0 heterocycles. The Labute approximate surface area is 87.6 Å². The van der Waals surface area contributed by atoms with Crippen LogP contribution < -0.4 is 17.3 Å². The van der Waals surface area contributed by atoms with E-state index in [0.29, 0.717) is 12.5 Å². The zero-order chi connectivity index (χ0) is 13.3. The second-order valence-electron chi connectivity index (χ2n) is 2.02. The van der Waals surface area contributed by atoms with Crippen molar-refractivity contribution in [2.45, 2.75) is 0 Å². The lowest BCUT2D eigenvalue weighted by atomic mass is 11.1. The van der Waals surface area contributed by atoms with E-state index in [1.54, 1.807) is 0 Å². The molecular formula is C3H14N4O6S2. The van der Waals surface area contributed by atoms with E-state index in [2.05, 4.69) is 10.9 Å². The summed E-state index contributed by atoms with van der Waals surface area (Å²) in [4.78, 5) is 0. The molecule has 10 nitrogen and oxygen atoms in total. The van der Waals surface area contributed by atoms with Gasteiger partial charge in [0.15, 0.2) is 0 Å². The third-order valence-electron chi connectivity index (χ3n) is 0.149. The first-order valence-corrected chi connectivity index (χ1v) is 6.60. The Kier molecular flexibility index (Phi) is 10.7. The average Bonchev–Trinajstić information content (AvgIpc) is 1.79. The van der Waals surface area contributed by atoms with Crippen LogP contribution in [0.2, 0.25) is 0 Å². The normalized spacial score (nSPS) is 9.87. The predicted molar refractivity (Wildman–Crippen MR) is 54.9 cm³/mol. The van der Waals surface area contributed by atoms with Crippen molar-refractivity contribution in [2.75, 3.05) is 12.5 Å². The minimum absolute atomic E-state index is 0.0926. The quantitative estimate of drug-likeness (QED) is 0.100. The van der Waals surface area contributed by atoms with Gasteiger partial charge in [-0.2, -0.15) is 16.8 Å². The molecule has 0 saturated heterocycles. The topological polar surface area (TPSA) is 199 Å². The van der Waals surface area contributed by atoms with Crippen molar-refractivity contribution < 1.29 is 25.9 Å². The molecule has 0 aromatic heterocycles. The summed E-state index contributed by atoms with van der Waals surface area (Å²) in [5, 5.41) is 2.86. The number of nitrogens with two attached hydrogens (primary N) is 3. The largest absolute Gasteiger partial charge is 0.369 e. The van der Waals surface area contributed by atoms with Gasteiger partial charge in [0.2, 0.25) is 5.96 Å². The molecule has 0 aliphatic heterocycles. The summed E-state index contributed by atoms with van der Waals surface area (Å²) in [6.45, 7) is 0. The summed E-state index contributed by atoms with van der Waals surface area (Å²) in [6, 6.07) is 0. The van der Waals surface area contributed by atoms with E-state index in [-0.39, 0.29) is 5.96 Å². The van der Waals surface area contributed by atoms with Gasteiger partial charge in [0.25, 0.3) is 20.2 Å². The average molecular weight is 266 g/mol. The summed E-state index contributed by atoms with van der Waals surface area (Å²) in [5.41, 5.74) is 9.39. The highest BCUT2D eigenvalue weighted by atomic mass is 32.2. The van der Waals surface area contributed by atoms with Crippen LogP contribution in [-0.2, 0) is 20.2 Å². The van der Waals surface area contributed by atoms with E-state index in [1.165, 1.54) is 0 Å². The third kappa shape index (κ3) is 1930. The van der Waals surface area contributed by atoms with E-state index in [0.717, 1.165) is 0 Å². The Bertz CT molecular complexity index is 319. The highest BCUT2D eigenvalue weighted by molar-refractivity contribution is 7.85. The smallest absolute Gasteiger partial charge is 0.261 e. The summed E-state index contributed by atoms with van der Waals surface area (Å²) in [5.74, 6) is 4.42. The molecule has 0 spiro atoms. The Morgan fingerprint density at radius 3 is 1.07 bits per heavy atom. The molecule has 0 rings (SSSR count). The van der Waals surface area contributed by atoms with E-state index in [9.17, 15) is 16.8 Å². The molecule has 12 heteroatoms. The molecule has 0 bridgehead atoms. The van der Waals surface area contributed by atoms with Crippen molar-refractivity contribution in [3.63, 3.8) is 0 Å². The van der Waals surface area contributed by atoms with Crippen molar-refractivity contribution >= 4 is 26.2 Å². The fourth-order valence-electron chi connectivity index (χ4n) is 0. The fraction of sp³-hybridized carbons (Fsp3) is 0.667. The summed E-state index contributed by atoms with van der Waals surface area (Å²) < 4.78 is 51.7. The molecule has 0 aromatic rings. The van der Waals surface area contributed by atoms with Crippen molar-refractivity contribution in [1.82, 2.24) is 0 Å². The van der Waals surface area contributed by atoms with E-state index < -0.39 is 20.2 Å².